The van der Waals surface area contributed by atoms with Crippen molar-refractivity contribution < 1.29 is 4.74 Å². The summed E-state index contributed by atoms with van der Waals surface area (Å²) in [6.45, 7) is 8.63. The third-order valence-corrected chi connectivity index (χ3v) is 3.88. The molecule has 2 rings (SSSR count). The van der Waals surface area contributed by atoms with Gasteiger partial charge in [-0.3, -0.25) is 4.90 Å². The molecular formula is C15H20ClN3O. The van der Waals surface area contributed by atoms with Gasteiger partial charge in [0, 0.05) is 45.0 Å². The number of hydrogen-bond donors (Lipinski definition) is 0. The van der Waals surface area contributed by atoms with Crippen molar-refractivity contribution in [3.8, 4) is 6.07 Å². The zero-order chi connectivity index (χ0) is 14.4. The van der Waals surface area contributed by atoms with Gasteiger partial charge >= 0.3 is 0 Å². The maximum absolute atomic E-state index is 8.89. The Balaban J connectivity index is 1.87. The van der Waals surface area contributed by atoms with E-state index >= 15 is 0 Å². The molecule has 0 spiro atoms. The van der Waals surface area contributed by atoms with Gasteiger partial charge in [0.1, 0.15) is 6.07 Å². The molecule has 0 radical (unpaired) electrons. The molecule has 0 bridgehead atoms. The highest BCUT2D eigenvalue weighted by Crippen LogP contribution is 2.24. The Morgan fingerprint density at radius 3 is 2.65 bits per heavy atom. The smallest absolute Gasteiger partial charge is 0.101 e. The lowest BCUT2D eigenvalue weighted by Gasteiger charge is -2.36. The average molecular weight is 294 g/mol. The SMILES string of the molecule is CCOCCN1CCN(c2ccc(C#N)c(Cl)c2)CC1. The van der Waals surface area contributed by atoms with E-state index in [4.69, 9.17) is 21.6 Å². The lowest BCUT2D eigenvalue weighted by atomic mass is 10.2. The van der Waals surface area contributed by atoms with Crippen molar-refractivity contribution in [2.45, 2.75) is 6.92 Å². The number of benzene rings is 1. The molecule has 0 amide bonds. The van der Waals surface area contributed by atoms with E-state index in [9.17, 15) is 0 Å². The number of anilines is 1. The first-order chi connectivity index (χ1) is 9.74. The summed E-state index contributed by atoms with van der Waals surface area (Å²) in [5, 5.41) is 9.42. The van der Waals surface area contributed by atoms with Gasteiger partial charge in [0.05, 0.1) is 17.2 Å². The van der Waals surface area contributed by atoms with Crippen molar-refractivity contribution in [1.82, 2.24) is 4.90 Å². The van der Waals surface area contributed by atoms with Crippen molar-refractivity contribution in [3.63, 3.8) is 0 Å². The number of halogens is 1. The summed E-state index contributed by atoms with van der Waals surface area (Å²) >= 11 is 6.09. The second-order valence-corrected chi connectivity index (χ2v) is 5.21. The minimum absolute atomic E-state index is 0.531. The molecule has 1 aliphatic rings. The number of nitrogens with zero attached hydrogens (tertiary/aromatic N) is 3. The molecule has 1 fully saturated rings. The van der Waals surface area contributed by atoms with Crippen molar-refractivity contribution >= 4 is 17.3 Å². The Hall–Kier alpha value is -1.28. The van der Waals surface area contributed by atoms with Crippen LogP contribution >= 0.6 is 11.6 Å². The Labute approximate surface area is 125 Å². The zero-order valence-corrected chi connectivity index (χ0v) is 12.6. The molecule has 0 atom stereocenters. The van der Waals surface area contributed by atoms with Gasteiger partial charge in [0.25, 0.3) is 0 Å². The summed E-state index contributed by atoms with van der Waals surface area (Å²) in [7, 11) is 0. The largest absolute Gasteiger partial charge is 0.380 e. The second kappa shape index (κ2) is 7.49. The molecule has 1 saturated heterocycles. The van der Waals surface area contributed by atoms with E-state index in [-0.39, 0.29) is 0 Å². The third-order valence-electron chi connectivity index (χ3n) is 3.57. The van der Waals surface area contributed by atoms with Crippen molar-refractivity contribution in [3.05, 3.63) is 28.8 Å². The van der Waals surface area contributed by atoms with Gasteiger partial charge in [0.2, 0.25) is 0 Å². The summed E-state index contributed by atoms with van der Waals surface area (Å²) in [6.07, 6.45) is 0. The topological polar surface area (TPSA) is 39.5 Å². The number of hydrogen-bond acceptors (Lipinski definition) is 4. The Kier molecular flexibility index (Phi) is 5.66. The summed E-state index contributed by atoms with van der Waals surface area (Å²) in [6, 6.07) is 7.74. The lowest BCUT2D eigenvalue weighted by molar-refractivity contribution is 0.111. The van der Waals surface area contributed by atoms with Crippen LogP contribution in [0.2, 0.25) is 5.02 Å². The predicted molar refractivity (Wildman–Crippen MR) is 81.3 cm³/mol. The highest BCUT2D eigenvalue weighted by Gasteiger charge is 2.17. The maximum Gasteiger partial charge on any atom is 0.101 e. The van der Waals surface area contributed by atoms with E-state index in [0.29, 0.717) is 10.6 Å². The summed E-state index contributed by atoms with van der Waals surface area (Å²) in [5.41, 5.74) is 1.63. The number of nitriles is 1. The number of rotatable bonds is 5. The summed E-state index contributed by atoms with van der Waals surface area (Å²) < 4.78 is 5.39. The molecule has 108 valence electrons. The van der Waals surface area contributed by atoms with Gasteiger partial charge in [-0.2, -0.15) is 5.26 Å². The van der Waals surface area contributed by atoms with Gasteiger partial charge in [0.15, 0.2) is 0 Å². The van der Waals surface area contributed by atoms with E-state index in [2.05, 4.69) is 15.9 Å². The zero-order valence-electron chi connectivity index (χ0n) is 11.8. The number of ether oxygens (including phenoxy) is 1. The van der Waals surface area contributed by atoms with Gasteiger partial charge < -0.3 is 9.64 Å². The average Bonchev–Trinajstić information content (AvgIpc) is 2.48. The molecule has 0 aromatic heterocycles. The van der Waals surface area contributed by atoms with Crippen LogP contribution in [0.15, 0.2) is 18.2 Å². The molecule has 0 aliphatic carbocycles. The van der Waals surface area contributed by atoms with Crippen LogP contribution in [0.4, 0.5) is 5.69 Å². The molecule has 0 N–H and O–H groups in total. The van der Waals surface area contributed by atoms with E-state index in [1.54, 1.807) is 6.07 Å². The normalized spacial score (nSPS) is 16.1. The molecule has 1 heterocycles. The first-order valence-corrected chi connectivity index (χ1v) is 7.37. The Bertz CT molecular complexity index is 478. The van der Waals surface area contributed by atoms with E-state index in [1.807, 2.05) is 19.1 Å². The first kappa shape index (κ1) is 15.1. The van der Waals surface area contributed by atoms with Crippen molar-refractivity contribution in [1.29, 1.82) is 5.26 Å². The van der Waals surface area contributed by atoms with Gasteiger partial charge in [-0.15, -0.1) is 0 Å². The quantitative estimate of drug-likeness (QED) is 0.782. The third kappa shape index (κ3) is 3.86. The van der Waals surface area contributed by atoms with Crippen LogP contribution in [0.25, 0.3) is 0 Å². The molecule has 5 heteroatoms. The predicted octanol–water partition coefficient (Wildman–Crippen LogP) is 2.37. The molecule has 4 nitrogen and oxygen atoms in total. The monoisotopic (exact) mass is 293 g/mol. The summed E-state index contributed by atoms with van der Waals surface area (Å²) in [4.78, 5) is 4.72. The van der Waals surface area contributed by atoms with Crippen molar-refractivity contribution in [2.75, 3.05) is 50.8 Å². The standard InChI is InChI=1S/C15H20ClN3O/c1-2-20-10-9-18-5-7-19(8-6-18)14-4-3-13(12-17)15(16)11-14/h3-4,11H,2,5-10H2,1H3. The fraction of sp³-hybridized carbons (Fsp3) is 0.533. The van der Waals surface area contributed by atoms with Gasteiger partial charge in [-0.05, 0) is 25.1 Å². The van der Waals surface area contributed by atoms with Gasteiger partial charge in [-0.1, -0.05) is 11.6 Å². The van der Waals surface area contributed by atoms with Crippen LogP contribution in [0.3, 0.4) is 0 Å². The van der Waals surface area contributed by atoms with Crippen LogP contribution in [0.1, 0.15) is 12.5 Å². The van der Waals surface area contributed by atoms with Crippen LogP contribution in [0, 0.1) is 11.3 Å². The summed E-state index contributed by atoms with van der Waals surface area (Å²) in [5.74, 6) is 0. The minimum atomic E-state index is 0.531. The molecule has 1 aromatic carbocycles. The van der Waals surface area contributed by atoms with Crippen LogP contribution in [-0.4, -0.2) is 50.8 Å². The van der Waals surface area contributed by atoms with E-state index in [1.165, 1.54) is 0 Å². The maximum atomic E-state index is 8.89. The highest BCUT2D eigenvalue weighted by atomic mass is 35.5. The molecule has 1 aromatic rings. The molecule has 20 heavy (non-hydrogen) atoms. The fourth-order valence-electron chi connectivity index (χ4n) is 2.36. The van der Waals surface area contributed by atoms with E-state index < -0.39 is 0 Å². The Morgan fingerprint density at radius 2 is 2.05 bits per heavy atom. The molecule has 0 unspecified atom stereocenters. The minimum Gasteiger partial charge on any atom is -0.380 e. The fourth-order valence-corrected chi connectivity index (χ4v) is 2.58. The molecular weight excluding hydrogens is 274 g/mol. The molecule has 1 aliphatic heterocycles. The van der Waals surface area contributed by atoms with Gasteiger partial charge in [-0.25, -0.2) is 0 Å². The van der Waals surface area contributed by atoms with Crippen LogP contribution in [-0.2, 0) is 4.74 Å². The van der Waals surface area contributed by atoms with E-state index in [0.717, 1.165) is 51.6 Å². The highest BCUT2D eigenvalue weighted by molar-refractivity contribution is 6.32. The second-order valence-electron chi connectivity index (χ2n) is 4.80. The van der Waals surface area contributed by atoms with Crippen LogP contribution < -0.4 is 4.90 Å². The molecule has 0 saturated carbocycles. The van der Waals surface area contributed by atoms with Crippen LogP contribution in [0.5, 0.6) is 0 Å². The van der Waals surface area contributed by atoms with Crippen molar-refractivity contribution in [2.24, 2.45) is 0 Å². The lowest BCUT2D eigenvalue weighted by Crippen LogP contribution is -2.47. The number of piperazine rings is 1. The first-order valence-electron chi connectivity index (χ1n) is 6.99. The Morgan fingerprint density at radius 1 is 1.30 bits per heavy atom.